The van der Waals surface area contributed by atoms with Gasteiger partial charge in [-0.2, -0.15) is 5.26 Å². The first kappa shape index (κ1) is 19.8. The van der Waals surface area contributed by atoms with Crippen molar-refractivity contribution in [3.63, 3.8) is 0 Å². The number of ketones is 1. The molecule has 3 aromatic heterocycles. The third kappa shape index (κ3) is 3.96. The Hall–Kier alpha value is -3.48. The first-order valence-electron chi connectivity index (χ1n) is 8.87. The molecule has 0 unspecified atom stereocenters. The molecule has 0 aliphatic rings. The van der Waals surface area contributed by atoms with Crippen LogP contribution in [0.25, 0.3) is 32.9 Å². The lowest BCUT2D eigenvalue weighted by atomic mass is 10.1. The van der Waals surface area contributed by atoms with Gasteiger partial charge in [-0.05, 0) is 30.5 Å². The lowest BCUT2D eigenvalue weighted by Gasteiger charge is -2.06. The first-order valence-corrected chi connectivity index (χ1v) is 10.7. The largest absolute Gasteiger partial charge is 0.411 e. The molecule has 148 valence electrons. The fourth-order valence-corrected chi connectivity index (χ4v) is 4.17. The molecular weight excluding hydrogens is 418 g/mol. The molecule has 30 heavy (non-hydrogen) atoms. The molecule has 0 aliphatic heterocycles. The molecule has 0 spiro atoms. The predicted molar refractivity (Wildman–Crippen MR) is 117 cm³/mol. The Labute approximate surface area is 180 Å². The summed E-state index contributed by atoms with van der Waals surface area (Å²) in [5.41, 5.74) is 8.13. The number of Topliss-reactive ketones (excluding diaryl/α,β-unsaturated/α-hetero) is 1. The summed E-state index contributed by atoms with van der Waals surface area (Å²) in [5.74, 6) is -0.0552. The highest BCUT2D eigenvalue weighted by molar-refractivity contribution is 7.99. The zero-order chi connectivity index (χ0) is 21.1. The van der Waals surface area contributed by atoms with E-state index in [1.54, 1.807) is 11.3 Å². The number of nitriles is 1. The summed E-state index contributed by atoms with van der Waals surface area (Å²) in [6, 6.07) is 15.5. The first-order chi connectivity index (χ1) is 14.6. The number of allylic oxidation sites excluding steroid dienone is 2. The van der Waals surface area contributed by atoms with Gasteiger partial charge in [-0.1, -0.05) is 36.0 Å². The van der Waals surface area contributed by atoms with Crippen LogP contribution < -0.4 is 5.73 Å². The molecule has 1 aromatic carbocycles. The highest BCUT2D eigenvalue weighted by Gasteiger charge is 2.18. The maximum atomic E-state index is 12.1. The molecule has 7 nitrogen and oxygen atoms in total. The maximum Gasteiger partial charge on any atom is 0.277 e. The van der Waals surface area contributed by atoms with Crippen molar-refractivity contribution in [2.75, 3.05) is 5.75 Å². The number of nitrogens with two attached hydrogens (primary N) is 1. The van der Waals surface area contributed by atoms with E-state index in [1.807, 2.05) is 53.9 Å². The van der Waals surface area contributed by atoms with Crippen molar-refractivity contribution in [1.29, 1.82) is 5.26 Å². The minimum Gasteiger partial charge on any atom is -0.411 e. The number of benzene rings is 1. The molecule has 0 aliphatic carbocycles. The highest BCUT2D eigenvalue weighted by atomic mass is 32.2. The summed E-state index contributed by atoms with van der Waals surface area (Å²) in [7, 11) is 0. The third-order valence-corrected chi connectivity index (χ3v) is 5.95. The molecule has 9 heteroatoms. The van der Waals surface area contributed by atoms with Crippen molar-refractivity contribution in [3.05, 3.63) is 59.1 Å². The van der Waals surface area contributed by atoms with Gasteiger partial charge in [0.25, 0.3) is 5.22 Å². The van der Waals surface area contributed by atoms with Crippen LogP contribution in [0.1, 0.15) is 6.92 Å². The molecular formula is C21H15N5O2S2. The van der Waals surface area contributed by atoms with Crippen LogP contribution in [-0.4, -0.2) is 26.7 Å². The van der Waals surface area contributed by atoms with Gasteiger partial charge in [0.15, 0.2) is 5.78 Å². The number of pyridine rings is 1. The van der Waals surface area contributed by atoms with E-state index in [2.05, 4.69) is 10.2 Å². The minimum atomic E-state index is -0.378. The number of nitrogens with zero attached hydrogens (tertiary/aromatic N) is 4. The molecule has 0 atom stereocenters. The van der Waals surface area contributed by atoms with Gasteiger partial charge in [0.1, 0.15) is 11.6 Å². The van der Waals surface area contributed by atoms with Crippen molar-refractivity contribution in [1.82, 2.24) is 15.2 Å². The zero-order valence-corrected chi connectivity index (χ0v) is 17.5. The van der Waals surface area contributed by atoms with E-state index in [1.165, 1.54) is 6.92 Å². The molecule has 0 saturated heterocycles. The molecule has 4 rings (SSSR count). The standard InChI is InChI=1S/C21H15N5O2S2/c1-12(23)15(10-22)18(27)11-30-21-26-25-20(28-21)14-9-17(19-7-4-8-29-19)24-16-6-3-2-5-13(14)16/h2-9H,11,23H2,1H3. The van der Waals surface area contributed by atoms with E-state index in [0.717, 1.165) is 38.8 Å². The zero-order valence-electron chi connectivity index (χ0n) is 15.8. The summed E-state index contributed by atoms with van der Waals surface area (Å²) in [6.45, 7) is 1.52. The van der Waals surface area contributed by atoms with Crippen molar-refractivity contribution in [3.8, 4) is 28.1 Å². The average molecular weight is 434 g/mol. The Morgan fingerprint density at radius 2 is 2.10 bits per heavy atom. The second-order valence-electron chi connectivity index (χ2n) is 6.30. The minimum absolute atomic E-state index is 0.0173. The van der Waals surface area contributed by atoms with Crippen LogP contribution in [-0.2, 0) is 4.79 Å². The van der Waals surface area contributed by atoms with Crippen LogP contribution in [0.3, 0.4) is 0 Å². The van der Waals surface area contributed by atoms with Crippen molar-refractivity contribution in [2.24, 2.45) is 5.73 Å². The van der Waals surface area contributed by atoms with E-state index < -0.39 is 0 Å². The second kappa shape index (κ2) is 8.49. The van der Waals surface area contributed by atoms with Crippen LogP contribution in [0.4, 0.5) is 0 Å². The summed E-state index contributed by atoms with van der Waals surface area (Å²) in [6.07, 6.45) is 0. The Kier molecular flexibility index (Phi) is 5.61. The quantitative estimate of drug-likeness (QED) is 0.269. The van der Waals surface area contributed by atoms with Crippen LogP contribution >= 0.6 is 23.1 Å². The number of thiophene rings is 1. The predicted octanol–water partition coefficient (Wildman–Crippen LogP) is 4.43. The second-order valence-corrected chi connectivity index (χ2v) is 8.18. The highest BCUT2D eigenvalue weighted by Crippen LogP contribution is 2.34. The molecule has 0 amide bonds. The van der Waals surface area contributed by atoms with Gasteiger partial charge in [0.2, 0.25) is 5.89 Å². The van der Waals surface area contributed by atoms with E-state index in [4.69, 9.17) is 20.4 Å². The molecule has 0 saturated carbocycles. The topological polar surface area (TPSA) is 119 Å². The average Bonchev–Trinajstić information content (AvgIpc) is 3.44. The number of hydrogen-bond donors (Lipinski definition) is 1. The molecule has 0 radical (unpaired) electrons. The lowest BCUT2D eigenvalue weighted by molar-refractivity contribution is -0.112. The van der Waals surface area contributed by atoms with Crippen molar-refractivity contribution >= 4 is 39.8 Å². The number of carbonyl (C=O) groups excluding carboxylic acids is 1. The molecule has 2 N–H and O–H groups in total. The van der Waals surface area contributed by atoms with Gasteiger partial charge in [-0.15, -0.1) is 21.5 Å². The SMILES string of the molecule is CC(N)=C(C#N)C(=O)CSc1nnc(-c2cc(-c3cccs3)nc3ccccc23)o1. The van der Waals surface area contributed by atoms with Crippen LogP contribution in [0.5, 0.6) is 0 Å². The number of fused-ring (bicyclic) bond motifs is 1. The van der Waals surface area contributed by atoms with Crippen LogP contribution in [0.15, 0.2) is 68.8 Å². The number of thioether (sulfide) groups is 1. The normalized spacial score (nSPS) is 11.9. The Balaban J connectivity index is 1.66. The molecule has 0 fully saturated rings. The van der Waals surface area contributed by atoms with Gasteiger partial charge in [0, 0.05) is 11.1 Å². The lowest BCUT2D eigenvalue weighted by Crippen LogP contribution is -2.10. The molecule has 0 bridgehead atoms. The third-order valence-electron chi connectivity index (χ3n) is 4.24. The van der Waals surface area contributed by atoms with E-state index in [-0.39, 0.29) is 28.0 Å². The van der Waals surface area contributed by atoms with Gasteiger partial charge in [-0.25, -0.2) is 4.98 Å². The summed E-state index contributed by atoms with van der Waals surface area (Å²) in [4.78, 5) is 17.9. The maximum absolute atomic E-state index is 12.1. The van der Waals surface area contributed by atoms with E-state index in [9.17, 15) is 4.79 Å². The fraction of sp³-hybridized carbons (Fsp3) is 0.0952. The van der Waals surface area contributed by atoms with Crippen LogP contribution in [0, 0.1) is 11.3 Å². The Morgan fingerprint density at radius 3 is 2.83 bits per heavy atom. The van der Waals surface area contributed by atoms with Gasteiger partial charge in [0.05, 0.1) is 27.4 Å². The number of aromatic nitrogens is 3. The van der Waals surface area contributed by atoms with Crippen LogP contribution in [0.2, 0.25) is 0 Å². The molecule has 3 heterocycles. The van der Waals surface area contributed by atoms with Gasteiger partial charge in [-0.3, -0.25) is 4.79 Å². The van der Waals surface area contributed by atoms with Crippen molar-refractivity contribution in [2.45, 2.75) is 12.1 Å². The van der Waals surface area contributed by atoms with Crippen molar-refractivity contribution < 1.29 is 9.21 Å². The molecule has 4 aromatic rings. The fourth-order valence-electron chi connectivity index (χ4n) is 2.85. The van der Waals surface area contributed by atoms with E-state index in [0.29, 0.717) is 5.89 Å². The number of para-hydroxylation sites is 1. The monoisotopic (exact) mass is 433 g/mol. The number of rotatable bonds is 6. The van der Waals surface area contributed by atoms with Gasteiger partial charge >= 0.3 is 0 Å². The van der Waals surface area contributed by atoms with E-state index >= 15 is 0 Å². The number of hydrogen-bond acceptors (Lipinski definition) is 9. The smallest absolute Gasteiger partial charge is 0.277 e. The van der Waals surface area contributed by atoms with Gasteiger partial charge < -0.3 is 10.2 Å². The Morgan fingerprint density at radius 1 is 1.27 bits per heavy atom. The summed E-state index contributed by atoms with van der Waals surface area (Å²) in [5, 5.41) is 20.4. The summed E-state index contributed by atoms with van der Waals surface area (Å²) >= 11 is 2.67. The summed E-state index contributed by atoms with van der Waals surface area (Å²) < 4.78 is 5.81. The number of carbonyl (C=O) groups is 1. The Bertz CT molecular complexity index is 1300.